The highest BCUT2D eigenvalue weighted by molar-refractivity contribution is 6.08. The molecular formula is C28H25N3O2. The molecule has 33 heavy (non-hydrogen) atoms. The average molecular weight is 436 g/mol. The van der Waals surface area contributed by atoms with Crippen molar-refractivity contribution in [1.82, 2.24) is 15.3 Å². The Morgan fingerprint density at radius 1 is 0.970 bits per heavy atom. The van der Waals surface area contributed by atoms with Crippen LogP contribution in [0.15, 0.2) is 85.2 Å². The van der Waals surface area contributed by atoms with E-state index >= 15 is 0 Å². The van der Waals surface area contributed by atoms with E-state index in [9.17, 15) is 9.59 Å². The Morgan fingerprint density at radius 3 is 2.33 bits per heavy atom. The minimum atomic E-state index is -0.184. The molecule has 0 radical (unpaired) electrons. The molecule has 0 unspecified atom stereocenters. The van der Waals surface area contributed by atoms with E-state index in [0.29, 0.717) is 29.9 Å². The largest absolute Gasteiger partial charge is 0.351 e. The van der Waals surface area contributed by atoms with Crippen LogP contribution >= 0.6 is 0 Å². The van der Waals surface area contributed by atoms with E-state index in [-0.39, 0.29) is 23.5 Å². The van der Waals surface area contributed by atoms with Crippen molar-refractivity contribution in [2.45, 2.75) is 31.7 Å². The van der Waals surface area contributed by atoms with Crippen LogP contribution in [0.1, 0.15) is 62.7 Å². The molecule has 0 spiro atoms. The predicted octanol–water partition coefficient (Wildman–Crippen LogP) is 5.48. The summed E-state index contributed by atoms with van der Waals surface area (Å²) in [4.78, 5) is 34.2. The molecule has 1 aliphatic carbocycles. The van der Waals surface area contributed by atoms with Gasteiger partial charge in [-0.25, -0.2) is 0 Å². The van der Waals surface area contributed by atoms with Crippen molar-refractivity contribution in [1.29, 1.82) is 0 Å². The van der Waals surface area contributed by atoms with Crippen molar-refractivity contribution in [3.05, 3.63) is 113 Å². The molecule has 164 valence electrons. The van der Waals surface area contributed by atoms with Gasteiger partial charge in [0.25, 0.3) is 5.91 Å². The lowest BCUT2D eigenvalue weighted by molar-refractivity contribution is 0.0948. The third-order valence-electron chi connectivity index (χ3n) is 6.50. The topological polar surface area (TPSA) is 74.8 Å². The molecule has 1 amide bonds. The summed E-state index contributed by atoms with van der Waals surface area (Å²) >= 11 is 0. The van der Waals surface area contributed by atoms with Crippen LogP contribution in [0.2, 0.25) is 0 Å². The Labute approximate surface area is 192 Å². The van der Waals surface area contributed by atoms with Crippen molar-refractivity contribution in [2.75, 3.05) is 0 Å². The molecule has 5 rings (SSSR count). The van der Waals surface area contributed by atoms with Gasteiger partial charge >= 0.3 is 0 Å². The maximum absolute atomic E-state index is 13.6. The van der Waals surface area contributed by atoms with Crippen LogP contribution in [0.4, 0.5) is 0 Å². The van der Waals surface area contributed by atoms with Gasteiger partial charge in [-0.2, -0.15) is 0 Å². The van der Waals surface area contributed by atoms with Crippen molar-refractivity contribution in [3.63, 3.8) is 0 Å². The van der Waals surface area contributed by atoms with Gasteiger partial charge in [-0.3, -0.25) is 14.6 Å². The standard InChI is InChI=1S/C28H25N3O2/c1-18-22(20-8-4-2-5-9-20)16-23(32)27-24(18)25(26(31-27)21-10-6-3-7-11-21)28(33)30-17-19-12-14-29-15-13-19/h2-15,18,22,31H,16-17H2,1H3,(H,30,33)/t18-,22+/m0/s1. The van der Waals surface area contributed by atoms with Crippen LogP contribution in [0.3, 0.4) is 0 Å². The van der Waals surface area contributed by atoms with Crippen molar-refractivity contribution in [2.24, 2.45) is 0 Å². The van der Waals surface area contributed by atoms with Crippen LogP contribution in [0, 0.1) is 0 Å². The highest BCUT2D eigenvalue weighted by Crippen LogP contribution is 2.45. The van der Waals surface area contributed by atoms with E-state index in [2.05, 4.69) is 34.3 Å². The molecule has 4 aromatic rings. The number of nitrogens with zero attached hydrogens (tertiary/aromatic N) is 1. The smallest absolute Gasteiger partial charge is 0.254 e. The first-order valence-electron chi connectivity index (χ1n) is 11.2. The first-order valence-corrected chi connectivity index (χ1v) is 11.2. The Hall–Kier alpha value is -3.99. The van der Waals surface area contributed by atoms with Crippen LogP contribution in [-0.2, 0) is 6.54 Å². The number of benzene rings is 2. The summed E-state index contributed by atoms with van der Waals surface area (Å²) in [7, 11) is 0. The van der Waals surface area contributed by atoms with Gasteiger partial charge in [0.1, 0.15) is 0 Å². The van der Waals surface area contributed by atoms with Crippen LogP contribution < -0.4 is 5.32 Å². The second-order valence-electron chi connectivity index (χ2n) is 8.50. The van der Waals surface area contributed by atoms with Gasteiger partial charge in [0.2, 0.25) is 0 Å². The normalized spacial score (nSPS) is 17.4. The highest BCUT2D eigenvalue weighted by Gasteiger charge is 2.38. The molecule has 0 fully saturated rings. The zero-order valence-corrected chi connectivity index (χ0v) is 18.4. The van der Waals surface area contributed by atoms with Gasteiger partial charge in [-0.1, -0.05) is 67.6 Å². The fraction of sp³-hybridized carbons (Fsp3) is 0.179. The predicted molar refractivity (Wildman–Crippen MR) is 128 cm³/mol. The average Bonchev–Trinajstić information content (AvgIpc) is 3.28. The molecule has 0 saturated heterocycles. The van der Waals surface area contributed by atoms with Crippen LogP contribution in [0.5, 0.6) is 0 Å². The van der Waals surface area contributed by atoms with Gasteiger partial charge in [0.05, 0.1) is 17.0 Å². The number of hydrogen-bond acceptors (Lipinski definition) is 3. The van der Waals surface area contributed by atoms with Crippen molar-refractivity contribution < 1.29 is 9.59 Å². The summed E-state index contributed by atoms with van der Waals surface area (Å²) in [6.45, 7) is 2.51. The minimum absolute atomic E-state index is 0.00971. The lowest BCUT2D eigenvalue weighted by atomic mass is 9.73. The van der Waals surface area contributed by atoms with E-state index < -0.39 is 0 Å². The number of aromatic amines is 1. The summed E-state index contributed by atoms with van der Waals surface area (Å²) in [6, 6.07) is 23.6. The molecule has 2 heterocycles. The molecular weight excluding hydrogens is 410 g/mol. The van der Waals surface area contributed by atoms with E-state index in [0.717, 1.165) is 22.3 Å². The van der Waals surface area contributed by atoms with Crippen LogP contribution in [-0.4, -0.2) is 21.7 Å². The van der Waals surface area contributed by atoms with Gasteiger partial charge in [0, 0.05) is 25.4 Å². The van der Waals surface area contributed by atoms with Crippen molar-refractivity contribution >= 4 is 11.7 Å². The summed E-state index contributed by atoms with van der Waals surface area (Å²) in [5, 5.41) is 3.05. The molecule has 0 saturated carbocycles. The summed E-state index contributed by atoms with van der Waals surface area (Å²) < 4.78 is 0. The van der Waals surface area contributed by atoms with Crippen molar-refractivity contribution in [3.8, 4) is 11.3 Å². The number of carbonyl (C=O) groups is 2. The number of H-pyrrole nitrogens is 1. The molecule has 2 aromatic carbocycles. The fourth-order valence-corrected chi connectivity index (χ4v) is 4.80. The second kappa shape index (κ2) is 8.87. The van der Waals surface area contributed by atoms with E-state index in [1.54, 1.807) is 12.4 Å². The quantitative estimate of drug-likeness (QED) is 0.436. The minimum Gasteiger partial charge on any atom is -0.351 e. The number of amides is 1. The molecule has 0 aliphatic heterocycles. The second-order valence-corrected chi connectivity index (χ2v) is 8.50. The number of aromatic nitrogens is 2. The fourth-order valence-electron chi connectivity index (χ4n) is 4.80. The maximum atomic E-state index is 13.6. The summed E-state index contributed by atoms with van der Waals surface area (Å²) in [5.74, 6) is -0.105. The van der Waals surface area contributed by atoms with Gasteiger partial charge in [-0.05, 0) is 46.2 Å². The van der Waals surface area contributed by atoms with Gasteiger partial charge < -0.3 is 10.3 Å². The lowest BCUT2D eigenvalue weighted by Gasteiger charge is -2.29. The number of nitrogens with one attached hydrogen (secondary N) is 2. The highest BCUT2D eigenvalue weighted by atomic mass is 16.1. The number of carbonyl (C=O) groups excluding carboxylic acids is 2. The molecule has 2 aromatic heterocycles. The van der Waals surface area contributed by atoms with Crippen LogP contribution in [0.25, 0.3) is 11.3 Å². The lowest BCUT2D eigenvalue weighted by Crippen LogP contribution is -2.27. The third-order valence-corrected chi connectivity index (χ3v) is 6.50. The molecule has 2 atom stereocenters. The van der Waals surface area contributed by atoms with Gasteiger partial charge in [0.15, 0.2) is 5.78 Å². The molecule has 5 heteroatoms. The number of rotatable bonds is 5. The molecule has 2 N–H and O–H groups in total. The number of fused-ring (bicyclic) bond motifs is 1. The Bertz CT molecular complexity index is 1280. The Kier molecular flexibility index (Phi) is 5.61. The van der Waals surface area contributed by atoms with E-state index in [4.69, 9.17) is 0 Å². The summed E-state index contributed by atoms with van der Waals surface area (Å²) in [5.41, 5.74) is 5.60. The van der Waals surface area contributed by atoms with Gasteiger partial charge in [-0.15, -0.1) is 0 Å². The monoisotopic (exact) mass is 435 g/mol. The molecule has 0 bridgehead atoms. The summed E-state index contributed by atoms with van der Waals surface area (Å²) in [6.07, 6.45) is 3.84. The number of pyridine rings is 1. The Morgan fingerprint density at radius 2 is 1.64 bits per heavy atom. The third kappa shape index (κ3) is 3.98. The molecule has 5 nitrogen and oxygen atoms in total. The maximum Gasteiger partial charge on any atom is 0.254 e. The first-order chi connectivity index (χ1) is 16.1. The van der Waals surface area contributed by atoms with E-state index in [1.165, 1.54) is 0 Å². The number of ketones is 1. The number of Topliss-reactive ketones (excluding diaryl/α,β-unsaturated/α-hetero) is 1. The zero-order valence-electron chi connectivity index (χ0n) is 18.4. The van der Waals surface area contributed by atoms with E-state index in [1.807, 2.05) is 60.7 Å². The zero-order chi connectivity index (χ0) is 22.8. The SMILES string of the molecule is C[C@@H]1c2c([nH]c(-c3ccccc3)c2C(=O)NCc2ccncc2)C(=O)C[C@H]1c1ccccc1. The molecule has 1 aliphatic rings. The Balaban J connectivity index is 1.59. The first kappa shape index (κ1) is 20.9. The number of hydrogen-bond donors (Lipinski definition) is 2.